The first-order chi connectivity index (χ1) is 17.2. The van der Waals surface area contributed by atoms with Gasteiger partial charge in [-0.3, -0.25) is 24.4 Å². The van der Waals surface area contributed by atoms with E-state index in [0.29, 0.717) is 22.7 Å². The van der Waals surface area contributed by atoms with E-state index >= 15 is 0 Å². The Hall–Kier alpha value is -4.88. The second kappa shape index (κ2) is 9.77. The summed E-state index contributed by atoms with van der Waals surface area (Å²) in [4.78, 5) is 36.2. The van der Waals surface area contributed by atoms with Crippen molar-refractivity contribution in [1.82, 2.24) is 9.36 Å². The average molecular weight is 504 g/mol. The van der Waals surface area contributed by atoms with E-state index in [4.69, 9.17) is 16.0 Å². The Kier molecular flexibility index (Phi) is 6.58. The molecule has 36 heavy (non-hydrogen) atoms. The van der Waals surface area contributed by atoms with Crippen LogP contribution in [-0.4, -0.2) is 20.2 Å². The van der Waals surface area contributed by atoms with Crippen LogP contribution in [0.2, 0.25) is 5.02 Å². The number of non-ortho nitro benzene ring substituents is 1. The van der Waals surface area contributed by atoms with Gasteiger partial charge in [0.1, 0.15) is 28.9 Å². The molecule has 0 aliphatic heterocycles. The highest BCUT2D eigenvalue weighted by Gasteiger charge is 2.20. The Bertz CT molecular complexity index is 1620. The van der Waals surface area contributed by atoms with E-state index in [0.717, 1.165) is 0 Å². The fraction of sp³-hybridized carbons (Fsp3) is 0.0800. The predicted octanol–water partition coefficient (Wildman–Crippen LogP) is 4.85. The zero-order valence-corrected chi connectivity index (χ0v) is 19.8. The van der Waals surface area contributed by atoms with Gasteiger partial charge in [0.15, 0.2) is 0 Å². The highest BCUT2D eigenvalue weighted by molar-refractivity contribution is 6.33. The minimum Gasteiger partial charge on any atom is -0.457 e. The second-order valence-electron chi connectivity index (χ2n) is 7.68. The van der Waals surface area contributed by atoms with E-state index in [1.54, 1.807) is 49.0 Å². The van der Waals surface area contributed by atoms with Crippen LogP contribution in [0.5, 0.6) is 0 Å². The molecule has 0 aliphatic carbocycles. The third-order valence-corrected chi connectivity index (χ3v) is 5.81. The number of hydrogen-bond acceptors (Lipinski definition) is 6. The van der Waals surface area contributed by atoms with Gasteiger partial charge < -0.3 is 9.73 Å². The summed E-state index contributed by atoms with van der Waals surface area (Å²) in [6, 6.07) is 17.8. The van der Waals surface area contributed by atoms with Crippen molar-refractivity contribution in [3.05, 3.63) is 103 Å². The number of nitro groups is 1. The van der Waals surface area contributed by atoms with Gasteiger partial charge in [0.25, 0.3) is 17.2 Å². The summed E-state index contributed by atoms with van der Waals surface area (Å²) < 4.78 is 8.70. The lowest BCUT2D eigenvalue weighted by Gasteiger charge is -2.07. The molecule has 1 amide bonds. The normalized spacial score (nSPS) is 11.2. The Morgan fingerprint density at radius 3 is 2.56 bits per heavy atom. The van der Waals surface area contributed by atoms with Gasteiger partial charge in [-0.1, -0.05) is 29.8 Å². The SMILES string of the molecule is Cc1c(NC(=O)/C(C#N)=C/c2ccc(-c3ccc([N+](=O)[O-])cc3Cl)o2)c(=O)n(-c2ccccc2)n1C. The molecule has 1 N–H and O–H groups in total. The van der Waals surface area contributed by atoms with Crippen molar-refractivity contribution < 1.29 is 14.1 Å². The summed E-state index contributed by atoms with van der Waals surface area (Å²) >= 11 is 6.15. The quantitative estimate of drug-likeness (QED) is 0.173. The summed E-state index contributed by atoms with van der Waals surface area (Å²) in [5.41, 5.74) is 0.678. The fourth-order valence-electron chi connectivity index (χ4n) is 3.58. The van der Waals surface area contributed by atoms with Gasteiger partial charge in [0.05, 0.1) is 21.3 Å². The van der Waals surface area contributed by atoms with E-state index < -0.39 is 16.4 Å². The molecule has 0 fully saturated rings. The summed E-state index contributed by atoms with van der Waals surface area (Å²) in [6.07, 6.45) is 1.23. The number of nitriles is 1. The molecule has 2 aromatic carbocycles. The van der Waals surface area contributed by atoms with Crippen molar-refractivity contribution >= 4 is 35.0 Å². The van der Waals surface area contributed by atoms with Crippen molar-refractivity contribution in [2.75, 3.05) is 5.32 Å². The largest absolute Gasteiger partial charge is 0.457 e. The lowest BCUT2D eigenvalue weighted by atomic mass is 10.1. The molecule has 0 spiro atoms. The van der Waals surface area contributed by atoms with Crippen molar-refractivity contribution in [3.63, 3.8) is 0 Å². The first kappa shape index (κ1) is 24.3. The maximum atomic E-state index is 13.0. The van der Waals surface area contributed by atoms with Crippen molar-refractivity contribution in [1.29, 1.82) is 5.26 Å². The maximum absolute atomic E-state index is 13.0. The maximum Gasteiger partial charge on any atom is 0.295 e. The monoisotopic (exact) mass is 503 g/mol. The zero-order valence-electron chi connectivity index (χ0n) is 19.1. The van der Waals surface area contributed by atoms with Gasteiger partial charge in [-0.15, -0.1) is 0 Å². The first-order valence-corrected chi connectivity index (χ1v) is 10.9. The molecule has 10 nitrogen and oxygen atoms in total. The van der Waals surface area contributed by atoms with Gasteiger partial charge in [-0.2, -0.15) is 5.26 Å². The molecular formula is C25H18ClN5O5. The second-order valence-corrected chi connectivity index (χ2v) is 8.09. The Morgan fingerprint density at radius 1 is 1.19 bits per heavy atom. The molecule has 2 aromatic heterocycles. The van der Waals surface area contributed by atoms with Crippen LogP contribution in [-0.2, 0) is 11.8 Å². The topological polar surface area (TPSA) is 136 Å². The number of benzene rings is 2. The number of amides is 1. The smallest absolute Gasteiger partial charge is 0.295 e. The molecule has 0 saturated heterocycles. The Morgan fingerprint density at radius 2 is 1.92 bits per heavy atom. The van der Waals surface area contributed by atoms with E-state index in [2.05, 4.69) is 5.32 Å². The molecule has 0 unspecified atom stereocenters. The van der Waals surface area contributed by atoms with Crippen LogP contribution in [0.1, 0.15) is 11.5 Å². The number of rotatable bonds is 6. The summed E-state index contributed by atoms with van der Waals surface area (Å²) in [7, 11) is 1.69. The number of hydrogen-bond donors (Lipinski definition) is 1. The molecule has 0 bridgehead atoms. The predicted molar refractivity (Wildman–Crippen MR) is 134 cm³/mol. The molecule has 2 heterocycles. The van der Waals surface area contributed by atoms with Crippen LogP contribution < -0.4 is 10.9 Å². The fourth-order valence-corrected chi connectivity index (χ4v) is 3.84. The van der Waals surface area contributed by atoms with Gasteiger partial charge in [-0.25, -0.2) is 4.68 Å². The van der Waals surface area contributed by atoms with Crippen LogP contribution >= 0.6 is 11.6 Å². The Labute approximate surface area is 209 Å². The van der Waals surface area contributed by atoms with Crippen LogP contribution in [0.4, 0.5) is 11.4 Å². The van der Waals surface area contributed by atoms with Crippen molar-refractivity contribution in [3.8, 4) is 23.1 Å². The molecule has 0 radical (unpaired) electrons. The average Bonchev–Trinajstić information content (AvgIpc) is 3.41. The summed E-state index contributed by atoms with van der Waals surface area (Å²) in [6.45, 7) is 1.68. The number of carbonyl (C=O) groups is 1. The number of nitro benzene ring substituents is 1. The number of para-hydroxylation sites is 1. The molecule has 0 aliphatic rings. The van der Waals surface area contributed by atoms with Crippen molar-refractivity contribution in [2.24, 2.45) is 7.05 Å². The summed E-state index contributed by atoms with van der Waals surface area (Å²) in [5, 5.41) is 23.1. The first-order valence-electron chi connectivity index (χ1n) is 10.5. The number of nitrogens with one attached hydrogen (secondary N) is 1. The third kappa shape index (κ3) is 4.55. The standard InChI is InChI=1S/C25H18ClN5O5/c1-15-23(25(33)30(29(15)2)17-6-4-3-5-7-17)28-24(32)16(14-27)12-19-9-11-22(36-19)20-10-8-18(31(34)35)13-21(20)26/h3-13H,1-2H3,(H,28,32)/b16-12+. The van der Waals surface area contributed by atoms with Crippen molar-refractivity contribution in [2.45, 2.75) is 6.92 Å². The van der Waals surface area contributed by atoms with Crippen LogP contribution in [0.3, 0.4) is 0 Å². The molecule has 180 valence electrons. The lowest BCUT2D eigenvalue weighted by molar-refractivity contribution is -0.384. The molecule has 4 aromatic rings. The molecule has 0 atom stereocenters. The van der Waals surface area contributed by atoms with Gasteiger partial charge in [-0.05, 0) is 37.3 Å². The molecular weight excluding hydrogens is 486 g/mol. The van der Waals surface area contributed by atoms with E-state index in [-0.39, 0.29) is 27.7 Å². The highest BCUT2D eigenvalue weighted by atomic mass is 35.5. The van der Waals surface area contributed by atoms with E-state index in [1.165, 1.54) is 35.0 Å². The minimum atomic E-state index is -0.783. The number of halogens is 1. The summed E-state index contributed by atoms with van der Waals surface area (Å²) in [5.74, 6) is -0.309. The van der Waals surface area contributed by atoms with E-state index in [1.807, 2.05) is 12.1 Å². The van der Waals surface area contributed by atoms with Gasteiger partial charge >= 0.3 is 0 Å². The third-order valence-electron chi connectivity index (χ3n) is 5.50. The molecule has 0 saturated carbocycles. The van der Waals surface area contributed by atoms with Gasteiger partial charge in [0.2, 0.25) is 0 Å². The zero-order chi connectivity index (χ0) is 26.0. The number of anilines is 1. The number of furan rings is 1. The number of nitrogens with zero attached hydrogens (tertiary/aromatic N) is 4. The number of carbonyl (C=O) groups excluding carboxylic acids is 1. The van der Waals surface area contributed by atoms with Gasteiger partial charge in [0, 0.05) is 30.8 Å². The number of aromatic nitrogens is 2. The minimum absolute atomic E-state index is 0.0466. The van der Waals surface area contributed by atoms with Crippen LogP contribution in [0.25, 0.3) is 23.1 Å². The molecule has 4 rings (SSSR count). The Balaban J connectivity index is 1.61. The van der Waals surface area contributed by atoms with Crippen LogP contribution in [0.15, 0.2) is 75.4 Å². The van der Waals surface area contributed by atoms with E-state index in [9.17, 15) is 25.0 Å². The lowest BCUT2D eigenvalue weighted by Crippen LogP contribution is -2.23. The van der Waals surface area contributed by atoms with Crippen LogP contribution in [0, 0.1) is 28.4 Å². The molecule has 11 heteroatoms. The highest BCUT2D eigenvalue weighted by Crippen LogP contribution is 2.32.